The molecule has 5 nitrogen and oxygen atoms in total. The second-order valence-corrected chi connectivity index (χ2v) is 4.92. The van der Waals surface area contributed by atoms with E-state index in [-0.39, 0.29) is 24.9 Å². The average molecular weight is 261 g/mol. The molecule has 1 unspecified atom stereocenters. The van der Waals surface area contributed by atoms with Crippen LogP contribution in [-0.2, 0) is 16.0 Å². The fourth-order valence-electron chi connectivity index (χ4n) is 2.37. The van der Waals surface area contributed by atoms with Gasteiger partial charge < -0.3 is 16.0 Å². The van der Waals surface area contributed by atoms with Gasteiger partial charge in [0.2, 0.25) is 11.8 Å². The van der Waals surface area contributed by atoms with Crippen LogP contribution in [0.2, 0.25) is 0 Å². The summed E-state index contributed by atoms with van der Waals surface area (Å²) in [6.45, 7) is 2.71. The third-order valence-electron chi connectivity index (χ3n) is 3.27. The van der Waals surface area contributed by atoms with Gasteiger partial charge in [0.05, 0.1) is 13.1 Å². The Kier molecular flexibility index (Phi) is 4.16. The zero-order chi connectivity index (χ0) is 13.8. The average Bonchev–Trinajstić information content (AvgIpc) is 2.43. The van der Waals surface area contributed by atoms with Crippen LogP contribution in [0.1, 0.15) is 12.5 Å². The van der Waals surface area contributed by atoms with Crippen LogP contribution < -0.4 is 16.0 Å². The molecule has 0 radical (unpaired) electrons. The summed E-state index contributed by atoms with van der Waals surface area (Å²) < 4.78 is 0. The third-order valence-corrected chi connectivity index (χ3v) is 3.27. The van der Waals surface area contributed by atoms with E-state index < -0.39 is 0 Å². The first-order chi connectivity index (χ1) is 9.11. The van der Waals surface area contributed by atoms with E-state index in [2.05, 4.69) is 12.2 Å². The molecule has 0 saturated carbocycles. The van der Waals surface area contributed by atoms with E-state index in [0.29, 0.717) is 12.5 Å². The summed E-state index contributed by atoms with van der Waals surface area (Å²) >= 11 is 0. The fraction of sp³-hybridized carbons (Fsp3) is 0.429. The van der Waals surface area contributed by atoms with Crippen molar-refractivity contribution in [1.82, 2.24) is 5.32 Å². The van der Waals surface area contributed by atoms with Crippen LogP contribution in [0, 0.1) is 5.92 Å². The second-order valence-electron chi connectivity index (χ2n) is 4.92. The Morgan fingerprint density at radius 1 is 1.42 bits per heavy atom. The maximum absolute atomic E-state index is 12.2. The summed E-state index contributed by atoms with van der Waals surface area (Å²) in [4.78, 5) is 25.0. The van der Waals surface area contributed by atoms with E-state index in [1.807, 2.05) is 24.3 Å². The van der Waals surface area contributed by atoms with Crippen LogP contribution in [0.25, 0.3) is 0 Å². The van der Waals surface area contributed by atoms with Crippen LogP contribution in [0.5, 0.6) is 0 Å². The lowest BCUT2D eigenvalue weighted by Gasteiger charge is -2.33. The SMILES string of the molecule is CC1Cc2ccccc2N(C(=O)CNC(=O)CN)C1. The lowest BCUT2D eigenvalue weighted by Crippen LogP contribution is -2.45. The molecule has 0 aliphatic carbocycles. The van der Waals surface area contributed by atoms with Crippen molar-refractivity contribution >= 4 is 17.5 Å². The summed E-state index contributed by atoms with van der Waals surface area (Å²) in [7, 11) is 0. The standard InChI is InChI=1S/C14H19N3O2/c1-10-6-11-4-2-3-5-12(11)17(9-10)14(19)8-16-13(18)7-15/h2-5,10H,6-9,15H2,1H3,(H,16,18). The highest BCUT2D eigenvalue weighted by Crippen LogP contribution is 2.29. The quantitative estimate of drug-likeness (QED) is 0.821. The van der Waals surface area contributed by atoms with E-state index in [1.54, 1.807) is 4.90 Å². The van der Waals surface area contributed by atoms with Crippen molar-refractivity contribution in [2.24, 2.45) is 11.7 Å². The minimum atomic E-state index is -0.313. The third kappa shape index (κ3) is 3.12. The smallest absolute Gasteiger partial charge is 0.246 e. The van der Waals surface area contributed by atoms with Gasteiger partial charge in [0.1, 0.15) is 0 Å². The number of nitrogens with zero attached hydrogens (tertiary/aromatic N) is 1. The Balaban J connectivity index is 2.11. The molecule has 19 heavy (non-hydrogen) atoms. The molecule has 1 heterocycles. The number of anilines is 1. The van der Waals surface area contributed by atoms with Crippen LogP contribution in [0.15, 0.2) is 24.3 Å². The molecule has 0 saturated heterocycles. The number of nitrogens with one attached hydrogen (secondary N) is 1. The van der Waals surface area contributed by atoms with Crippen molar-refractivity contribution in [3.63, 3.8) is 0 Å². The normalized spacial score (nSPS) is 17.8. The molecule has 1 atom stereocenters. The van der Waals surface area contributed by atoms with Gasteiger partial charge in [-0.15, -0.1) is 0 Å². The molecule has 0 spiro atoms. The van der Waals surface area contributed by atoms with Crippen LogP contribution in [-0.4, -0.2) is 31.4 Å². The van der Waals surface area contributed by atoms with Gasteiger partial charge in [-0.3, -0.25) is 9.59 Å². The van der Waals surface area contributed by atoms with Gasteiger partial charge in [-0.05, 0) is 24.0 Å². The highest BCUT2D eigenvalue weighted by atomic mass is 16.2. The summed E-state index contributed by atoms with van der Waals surface area (Å²) in [5.41, 5.74) is 7.33. The Bertz CT molecular complexity index is 487. The molecule has 2 rings (SSSR count). The topological polar surface area (TPSA) is 75.4 Å². The molecule has 1 aromatic carbocycles. The number of fused-ring (bicyclic) bond motifs is 1. The first-order valence-corrected chi connectivity index (χ1v) is 6.47. The van der Waals surface area contributed by atoms with Crippen LogP contribution in [0.3, 0.4) is 0 Å². The van der Waals surface area contributed by atoms with E-state index >= 15 is 0 Å². The lowest BCUT2D eigenvalue weighted by molar-refractivity contribution is -0.124. The molecule has 1 aliphatic rings. The van der Waals surface area contributed by atoms with Crippen molar-refractivity contribution in [3.05, 3.63) is 29.8 Å². The molecule has 2 amide bonds. The monoisotopic (exact) mass is 261 g/mol. The maximum atomic E-state index is 12.2. The lowest BCUT2D eigenvalue weighted by atomic mass is 9.94. The molecule has 0 bridgehead atoms. The van der Waals surface area contributed by atoms with Gasteiger partial charge in [-0.2, -0.15) is 0 Å². The Morgan fingerprint density at radius 2 is 2.16 bits per heavy atom. The van der Waals surface area contributed by atoms with Crippen molar-refractivity contribution in [1.29, 1.82) is 0 Å². The number of carbonyl (C=O) groups excluding carboxylic acids is 2. The molecule has 102 valence electrons. The molecule has 0 aromatic heterocycles. The van der Waals surface area contributed by atoms with E-state index in [0.717, 1.165) is 12.1 Å². The molecular formula is C14H19N3O2. The number of amides is 2. The van der Waals surface area contributed by atoms with Gasteiger partial charge in [-0.25, -0.2) is 0 Å². The van der Waals surface area contributed by atoms with E-state index in [1.165, 1.54) is 5.56 Å². The summed E-state index contributed by atoms with van der Waals surface area (Å²) in [5.74, 6) is 0.0107. The minimum absolute atomic E-state index is 0.00289. The maximum Gasteiger partial charge on any atom is 0.246 e. The first-order valence-electron chi connectivity index (χ1n) is 6.47. The van der Waals surface area contributed by atoms with Gasteiger partial charge in [0.15, 0.2) is 0 Å². The summed E-state index contributed by atoms with van der Waals surface area (Å²) in [6, 6.07) is 7.90. The first kappa shape index (κ1) is 13.5. The van der Waals surface area contributed by atoms with E-state index in [9.17, 15) is 9.59 Å². The van der Waals surface area contributed by atoms with Crippen molar-refractivity contribution < 1.29 is 9.59 Å². The molecule has 1 aromatic rings. The number of carbonyl (C=O) groups is 2. The number of nitrogens with two attached hydrogens (primary N) is 1. The number of para-hydroxylation sites is 1. The van der Waals surface area contributed by atoms with Gasteiger partial charge in [0, 0.05) is 12.2 Å². The summed E-state index contributed by atoms with van der Waals surface area (Å²) in [6.07, 6.45) is 0.981. The highest BCUT2D eigenvalue weighted by Gasteiger charge is 2.25. The molecule has 1 aliphatic heterocycles. The number of rotatable bonds is 3. The summed E-state index contributed by atoms with van der Waals surface area (Å²) in [5, 5.41) is 2.52. The predicted molar refractivity (Wildman–Crippen MR) is 73.7 cm³/mol. The number of hydrogen-bond donors (Lipinski definition) is 2. The van der Waals surface area contributed by atoms with Crippen molar-refractivity contribution in [3.8, 4) is 0 Å². The predicted octanol–water partition coefficient (Wildman–Crippen LogP) is 0.287. The number of hydrogen-bond acceptors (Lipinski definition) is 3. The van der Waals surface area contributed by atoms with Gasteiger partial charge >= 0.3 is 0 Å². The van der Waals surface area contributed by atoms with E-state index in [4.69, 9.17) is 5.73 Å². The molecule has 0 fully saturated rings. The Hall–Kier alpha value is -1.88. The van der Waals surface area contributed by atoms with Crippen molar-refractivity contribution in [2.45, 2.75) is 13.3 Å². The number of benzene rings is 1. The van der Waals surface area contributed by atoms with Crippen molar-refractivity contribution in [2.75, 3.05) is 24.5 Å². The second kappa shape index (κ2) is 5.84. The Labute approximate surface area is 112 Å². The minimum Gasteiger partial charge on any atom is -0.346 e. The highest BCUT2D eigenvalue weighted by molar-refractivity contribution is 5.97. The molecule has 5 heteroatoms. The largest absolute Gasteiger partial charge is 0.346 e. The zero-order valence-electron chi connectivity index (χ0n) is 11.1. The van der Waals surface area contributed by atoms with Gasteiger partial charge in [0.25, 0.3) is 0 Å². The van der Waals surface area contributed by atoms with Crippen LogP contribution >= 0.6 is 0 Å². The Morgan fingerprint density at radius 3 is 2.89 bits per heavy atom. The fourth-order valence-corrected chi connectivity index (χ4v) is 2.37. The van der Waals surface area contributed by atoms with Crippen LogP contribution in [0.4, 0.5) is 5.69 Å². The molecular weight excluding hydrogens is 242 g/mol. The van der Waals surface area contributed by atoms with Gasteiger partial charge in [-0.1, -0.05) is 25.1 Å². The molecule has 3 N–H and O–H groups in total. The zero-order valence-corrected chi connectivity index (χ0v) is 11.1.